The second-order valence-electron chi connectivity index (χ2n) is 4.35. The van der Waals surface area contributed by atoms with E-state index >= 15 is 0 Å². The zero-order valence-electron chi connectivity index (χ0n) is 10.5. The van der Waals surface area contributed by atoms with Crippen molar-refractivity contribution in [3.05, 3.63) is 40.7 Å². The van der Waals surface area contributed by atoms with Gasteiger partial charge in [-0.3, -0.25) is 9.89 Å². The summed E-state index contributed by atoms with van der Waals surface area (Å²) in [6.45, 7) is 0.0642. The number of H-pyrrole nitrogens is 1. The number of nitrogen functional groups attached to an aromatic ring is 1. The van der Waals surface area contributed by atoms with Crippen LogP contribution in [0.5, 0.6) is 0 Å². The van der Waals surface area contributed by atoms with E-state index in [0.29, 0.717) is 5.69 Å². The maximum Gasteiger partial charge on any atom is 0.290 e. The second-order valence-corrected chi connectivity index (χ2v) is 6.61. The van der Waals surface area contributed by atoms with Gasteiger partial charge in [0.2, 0.25) is 0 Å². The number of nitrogens with one attached hydrogen (secondary N) is 1. The smallest absolute Gasteiger partial charge is 0.290 e. The first-order chi connectivity index (χ1) is 8.88. The number of benzene rings is 1. The quantitative estimate of drug-likeness (QED) is 0.851. The molecule has 0 saturated heterocycles. The summed E-state index contributed by atoms with van der Waals surface area (Å²) in [5.41, 5.74) is 6.76. The molecule has 0 radical (unpaired) electrons. The number of aryl methyl sites for hydroxylation is 1. The van der Waals surface area contributed by atoms with Crippen molar-refractivity contribution in [1.82, 2.24) is 9.78 Å². The van der Waals surface area contributed by atoms with Crippen LogP contribution in [0.15, 0.2) is 35.1 Å². The Balaban J connectivity index is 2.37. The predicted octanol–water partition coefficient (Wildman–Crippen LogP) is 0.470. The monoisotopic (exact) mass is 281 g/mol. The van der Waals surface area contributed by atoms with Crippen LogP contribution in [0.1, 0.15) is 0 Å². The molecule has 0 aliphatic heterocycles. The van der Waals surface area contributed by atoms with E-state index in [-0.39, 0.29) is 18.0 Å². The molecule has 2 aromatic rings. The van der Waals surface area contributed by atoms with E-state index in [1.807, 2.05) is 30.3 Å². The van der Waals surface area contributed by atoms with Crippen LogP contribution >= 0.6 is 0 Å². The van der Waals surface area contributed by atoms with Crippen LogP contribution in [0, 0.1) is 0 Å². The highest BCUT2D eigenvalue weighted by Crippen LogP contribution is 2.20. The number of hydrogen-bond acceptors (Lipinski definition) is 4. The minimum absolute atomic E-state index is 0.0642. The van der Waals surface area contributed by atoms with E-state index in [2.05, 4.69) is 5.10 Å². The van der Waals surface area contributed by atoms with Crippen molar-refractivity contribution in [2.24, 2.45) is 0 Å². The number of aromatic nitrogens is 2. The highest BCUT2D eigenvalue weighted by Gasteiger charge is 2.13. The Bertz CT molecular complexity index is 729. The maximum absolute atomic E-state index is 11.9. The molecule has 1 aromatic carbocycles. The summed E-state index contributed by atoms with van der Waals surface area (Å²) in [6, 6.07) is 9.17. The fourth-order valence-electron chi connectivity index (χ4n) is 1.74. The molecule has 0 bridgehead atoms. The Morgan fingerprint density at radius 2 is 1.89 bits per heavy atom. The summed E-state index contributed by atoms with van der Waals surface area (Å²) in [6.07, 6.45) is 1.13. The third-order valence-corrected chi connectivity index (χ3v) is 3.66. The number of sulfone groups is 1. The van der Waals surface area contributed by atoms with Gasteiger partial charge in [0.1, 0.15) is 15.5 Å². The summed E-state index contributed by atoms with van der Waals surface area (Å²) in [7, 11) is -3.13. The Kier molecular flexibility index (Phi) is 3.48. The number of nitrogens with zero attached hydrogens (tertiary/aromatic N) is 1. The van der Waals surface area contributed by atoms with Gasteiger partial charge in [-0.1, -0.05) is 30.3 Å². The Labute approximate surface area is 110 Å². The van der Waals surface area contributed by atoms with Gasteiger partial charge in [0.05, 0.1) is 18.0 Å². The highest BCUT2D eigenvalue weighted by molar-refractivity contribution is 7.90. The van der Waals surface area contributed by atoms with Gasteiger partial charge < -0.3 is 5.73 Å². The van der Waals surface area contributed by atoms with Crippen molar-refractivity contribution in [2.75, 3.05) is 17.7 Å². The van der Waals surface area contributed by atoms with Crippen molar-refractivity contribution < 1.29 is 8.42 Å². The standard InChI is InChI=1S/C12H15N3O3S/c1-19(17,18)8-7-15-12(16)10(13)11(14-15)9-5-3-2-4-6-9/h2-6,14H,7-8,13H2,1H3. The van der Waals surface area contributed by atoms with Crippen LogP contribution in [-0.4, -0.2) is 30.2 Å². The summed E-state index contributed by atoms with van der Waals surface area (Å²) < 4.78 is 23.5. The lowest BCUT2D eigenvalue weighted by molar-refractivity contribution is 0.582. The van der Waals surface area contributed by atoms with Crippen molar-refractivity contribution in [2.45, 2.75) is 6.54 Å². The first-order valence-corrected chi connectivity index (χ1v) is 7.76. The van der Waals surface area contributed by atoms with E-state index in [1.165, 1.54) is 4.68 Å². The average Bonchev–Trinajstić information content (AvgIpc) is 2.64. The minimum Gasteiger partial charge on any atom is -0.392 e. The van der Waals surface area contributed by atoms with E-state index in [1.54, 1.807) is 0 Å². The molecule has 0 spiro atoms. The fourth-order valence-corrected chi connectivity index (χ4v) is 2.25. The maximum atomic E-state index is 11.9. The van der Waals surface area contributed by atoms with Crippen LogP contribution in [0.4, 0.5) is 5.69 Å². The molecule has 0 saturated carbocycles. The molecule has 0 aliphatic rings. The topological polar surface area (TPSA) is 97.9 Å². The Morgan fingerprint density at radius 3 is 2.47 bits per heavy atom. The van der Waals surface area contributed by atoms with Gasteiger partial charge >= 0.3 is 0 Å². The lowest BCUT2D eigenvalue weighted by Crippen LogP contribution is -2.22. The normalized spacial score (nSPS) is 11.6. The minimum atomic E-state index is -3.13. The van der Waals surface area contributed by atoms with E-state index in [0.717, 1.165) is 11.8 Å². The molecule has 3 N–H and O–H groups in total. The van der Waals surface area contributed by atoms with Crippen molar-refractivity contribution in [3.63, 3.8) is 0 Å². The van der Waals surface area contributed by atoms with Crippen molar-refractivity contribution in [3.8, 4) is 11.3 Å². The van der Waals surface area contributed by atoms with Crippen LogP contribution < -0.4 is 11.3 Å². The molecular weight excluding hydrogens is 266 g/mol. The van der Waals surface area contributed by atoms with Crippen molar-refractivity contribution in [1.29, 1.82) is 0 Å². The molecule has 19 heavy (non-hydrogen) atoms. The SMILES string of the molecule is CS(=O)(=O)CCn1[nH]c(-c2ccccc2)c(N)c1=O. The lowest BCUT2D eigenvalue weighted by atomic mass is 10.1. The van der Waals surface area contributed by atoms with E-state index in [4.69, 9.17) is 5.73 Å². The fraction of sp³-hybridized carbons (Fsp3) is 0.250. The van der Waals surface area contributed by atoms with Crippen LogP contribution in [0.3, 0.4) is 0 Å². The molecule has 0 unspecified atom stereocenters. The third-order valence-electron chi connectivity index (χ3n) is 2.74. The molecule has 102 valence electrons. The Hall–Kier alpha value is -2.02. The van der Waals surface area contributed by atoms with Gasteiger partial charge in [-0.15, -0.1) is 0 Å². The molecule has 0 atom stereocenters. The number of aromatic amines is 1. The van der Waals surface area contributed by atoms with Gasteiger partial charge in [0.15, 0.2) is 0 Å². The second kappa shape index (κ2) is 4.93. The lowest BCUT2D eigenvalue weighted by Gasteiger charge is -2.01. The van der Waals surface area contributed by atoms with Crippen LogP contribution in [0.2, 0.25) is 0 Å². The van der Waals surface area contributed by atoms with Crippen LogP contribution in [0.25, 0.3) is 11.3 Å². The molecule has 0 amide bonds. The number of anilines is 1. The molecular formula is C12H15N3O3S. The molecule has 6 nitrogen and oxygen atoms in total. The first kappa shape index (κ1) is 13.4. The largest absolute Gasteiger partial charge is 0.392 e. The summed E-state index contributed by atoms with van der Waals surface area (Å²) >= 11 is 0. The van der Waals surface area contributed by atoms with Gasteiger partial charge in [-0.2, -0.15) is 0 Å². The molecule has 0 aliphatic carbocycles. The van der Waals surface area contributed by atoms with Gasteiger partial charge in [0.25, 0.3) is 5.56 Å². The first-order valence-electron chi connectivity index (χ1n) is 5.70. The summed E-state index contributed by atoms with van der Waals surface area (Å²) in [4.78, 5) is 11.9. The summed E-state index contributed by atoms with van der Waals surface area (Å²) in [5, 5.41) is 2.85. The van der Waals surface area contributed by atoms with Gasteiger partial charge in [-0.25, -0.2) is 13.1 Å². The number of hydrogen-bond donors (Lipinski definition) is 2. The van der Waals surface area contributed by atoms with Crippen LogP contribution in [-0.2, 0) is 16.4 Å². The molecule has 1 aromatic heterocycles. The number of nitrogens with two attached hydrogens (primary N) is 1. The molecule has 2 rings (SSSR count). The average molecular weight is 281 g/mol. The summed E-state index contributed by atoms with van der Waals surface area (Å²) in [5.74, 6) is -0.110. The zero-order chi connectivity index (χ0) is 14.0. The van der Waals surface area contributed by atoms with E-state index in [9.17, 15) is 13.2 Å². The number of rotatable bonds is 4. The molecule has 1 heterocycles. The van der Waals surface area contributed by atoms with Gasteiger partial charge in [-0.05, 0) is 0 Å². The zero-order valence-corrected chi connectivity index (χ0v) is 11.3. The highest BCUT2D eigenvalue weighted by atomic mass is 32.2. The Morgan fingerprint density at radius 1 is 1.26 bits per heavy atom. The molecule has 7 heteroatoms. The third kappa shape index (κ3) is 3.05. The predicted molar refractivity (Wildman–Crippen MR) is 74.6 cm³/mol. The molecule has 0 fully saturated rings. The van der Waals surface area contributed by atoms with Gasteiger partial charge in [0, 0.05) is 11.8 Å². The van der Waals surface area contributed by atoms with E-state index < -0.39 is 15.4 Å². The van der Waals surface area contributed by atoms with Crippen molar-refractivity contribution >= 4 is 15.5 Å².